The molecular formula is C8H13N3O2. The fourth-order valence-corrected chi connectivity index (χ4v) is 1.04. The second-order valence-electron chi connectivity index (χ2n) is 2.83. The van der Waals surface area contributed by atoms with Crippen molar-refractivity contribution in [3.63, 3.8) is 0 Å². The molecule has 1 atom stereocenters. The molecular weight excluding hydrogens is 170 g/mol. The number of hydrogen-bond donors (Lipinski definition) is 1. The molecule has 0 aliphatic rings. The largest absolute Gasteiger partial charge is 0.468 e. The number of nitrogens with zero attached hydrogens (tertiary/aromatic N) is 2. The number of methoxy groups -OCH3 is 1. The number of ether oxygens (including phenoxy) is 1. The van der Waals surface area contributed by atoms with E-state index in [1.54, 1.807) is 12.5 Å². The Morgan fingerprint density at radius 2 is 2.54 bits per heavy atom. The predicted molar refractivity (Wildman–Crippen MR) is 46.9 cm³/mol. The van der Waals surface area contributed by atoms with Gasteiger partial charge >= 0.3 is 5.97 Å². The monoisotopic (exact) mass is 183 g/mol. The molecule has 0 aliphatic carbocycles. The highest BCUT2D eigenvalue weighted by Gasteiger charge is 2.15. The molecule has 0 unspecified atom stereocenters. The van der Waals surface area contributed by atoms with Gasteiger partial charge in [-0.3, -0.25) is 4.79 Å². The van der Waals surface area contributed by atoms with Crippen molar-refractivity contribution in [2.45, 2.75) is 12.5 Å². The highest BCUT2D eigenvalue weighted by atomic mass is 16.5. The lowest BCUT2D eigenvalue weighted by Gasteiger charge is -2.08. The SMILES string of the molecule is COC(=O)[C@H](N)Cc1cncn1C. The van der Waals surface area contributed by atoms with Gasteiger partial charge in [0, 0.05) is 25.4 Å². The van der Waals surface area contributed by atoms with E-state index in [1.807, 2.05) is 11.6 Å². The van der Waals surface area contributed by atoms with E-state index in [4.69, 9.17) is 5.73 Å². The number of carbonyl (C=O) groups excluding carboxylic acids is 1. The summed E-state index contributed by atoms with van der Waals surface area (Å²) in [4.78, 5) is 14.9. The maximum atomic E-state index is 11.0. The highest BCUT2D eigenvalue weighted by molar-refractivity contribution is 5.75. The number of carbonyl (C=O) groups is 1. The molecule has 0 radical (unpaired) electrons. The lowest BCUT2D eigenvalue weighted by molar-refractivity contribution is -0.142. The van der Waals surface area contributed by atoms with E-state index in [1.165, 1.54) is 7.11 Å². The standard InChI is InChI=1S/C8H13N3O2/c1-11-5-10-4-6(11)3-7(9)8(12)13-2/h4-5,7H,3,9H2,1-2H3/t7-/m1/s1. The van der Waals surface area contributed by atoms with Gasteiger partial charge in [0.15, 0.2) is 0 Å². The smallest absolute Gasteiger partial charge is 0.323 e. The molecule has 1 aromatic rings. The minimum Gasteiger partial charge on any atom is -0.468 e. The van der Waals surface area contributed by atoms with Crippen LogP contribution >= 0.6 is 0 Å². The van der Waals surface area contributed by atoms with Crippen molar-refractivity contribution in [1.29, 1.82) is 0 Å². The molecule has 5 nitrogen and oxygen atoms in total. The van der Waals surface area contributed by atoms with Gasteiger partial charge in [0.1, 0.15) is 6.04 Å². The molecule has 0 amide bonds. The van der Waals surface area contributed by atoms with Gasteiger partial charge < -0.3 is 15.0 Å². The fourth-order valence-electron chi connectivity index (χ4n) is 1.04. The summed E-state index contributed by atoms with van der Waals surface area (Å²) in [6.45, 7) is 0. The van der Waals surface area contributed by atoms with Crippen LogP contribution in [0, 0.1) is 0 Å². The summed E-state index contributed by atoms with van der Waals surface area (Å²) in [5, 5.41) is 0. The van der Waals surface area contributed by atoms with Crippen LogP contribution in [0.1, 0.15) is 5.69 Å². The topological polar surface area (TPSA) is 70.1 Å². The molecule has 2 N–H and O–H groups in total. The second-order valence-corrected chi connectivity index (χ2v) is 2.83. The first kappa shape index (κ1) is 9.73. The van der Waals surface area contributed by atoms with Crippen molar-refractivity contribution in [3.05, 3.63) is 18.2 Å². The third-order valence-electron chi connectivity index (χ3n) is 1.85. The van der Waals surface area contributed by atoms with Crippen LogP contribution in [0.4, 0.5) is 0 Å². The summed E-state index contributed by atoms with van der Waals surface area (Å²) in [6.07, 6.45) is 3.80. The van der Waals surface area contributed by atoms with E-state index in [0.29, 0.717) is 6.42 Å². The summed E-state index contributed by atoms with van der Waals surface area (Å²) >= 11 is 0. The molecule has 0 saturated heterocycles. The van der Waals surface area contributed by atoms with Crippen LogP contribution < -0.4 is 5.73 Å². The van der Waals surface area contributed by atoms with Crippen LogP contribution in [-0.2, 0) is 23.0 Å². The van der Waals surface area contributed by atoms with Crippen molar-refractivity contribution >= 4 is 5.97 Å². The quantitative estimate of drug-likeness (QED) is 0.639. The molecule has 1 heterocycles. The maximum Gasteiger partial charge on any atom is 0.323 e. The van der Waals surface area contributed by atoms with Crippen molar-refractivity contribution < 1.29 is 9.53 Å². The number of hydrogen-bond acceptors (Lipinski definition) is 4. The summed E-state index contributed by atoms with van der Waals surface area (Å²) < 4.78 is 6.33. The first-order valence-corrected chi connectivity index (χ1v) is 3.93. The van der Waals surface area contributed by atoms with Crippen LogP contribution in [0.2, 0.25) is 0 Å². The van der Waals surface area contributed by atoms with Gasteiger partial charge in [0.25, 0.3) is 0 Å². The molecule has 5 heteroatoms. The first-order valence-electron chi connectivity index (χ1n) is 3.93. The Kier molecular flexibility index (Phi) is 3.02. The normalized spacial score (nSPS) is 12.5. The van der Waals surface area contributed by atoms with E-state index < -0.39 is 12.0 Å². The van der Waals surface area contributed by atoms with Gasteiger partial charge in [0.05, 0.1) is 13.4 Å². The van der Waals surface area contributed by atoms with Gasteiger partial charge in [-0.05, 0) is 0 Å². The third kappa shape index (κ3) is 2.29. The van der Waals surface area contributed by atoms with E-state index in [0.717, 1.165) is 5.69 Å². The number of rotatable bonds is 3. The zero-order valence-corrected chi connectivity index (χ0v) is 7.73. The van der Waals surface area contributed by atoms with E-state index in [9.17, 15) is 4.79 Å². The summed E-state index contributed by atoms with van der Waals surface area (Å²) in [5.41, 5.74) is 6.49. The van der Waals surface area contributed by atoms with E-state index in [-0.39, 0.29) is 0 Å². The zero-order chi connectivity index (χ0) is 9.84. The second kappa shape index (κ2) is 4.04. The third-order valence-corrected chi connectivity index (χ3v) is 1.85. The molecule has 0 bridgehead atoms. The van der Waals surface area contributed by atoms with Gasteiger partial charge in [-0.25, -0.2) is 4.98 Å². The minimum absolute atomic E-state index is 0.402. The van der Waals surface area contributed by atoms with E-state index >= 15 is 0 Å². The number of nitrogens with two attached hydrogens (primary N) is 1. The maximum absolute atomic E-state index is 11.0. The van der Waals surface area contributed by atoms with Crippen molar-refractivity contribution in [1.82, 2.24) is 9.55 Å². The number of esters is 1. The average molecular weight is 183 g/mol. The Hall–Kier alpha value is -1.36. The van der Waals surface area contributed by atoms with Gasteiger partial charge in [-0.2, -0.15) is 0 Å². The number of aryl methyl sites for hydroxylation is 1. The predicted octanol–water partition coefficient (Wildman–Crippen LogP) is -0.537. The molecule has 0 fully saturated rings. The zero-order valence-electron chi connectivity index (χ0n) is 7.73. The van der Waals surface area contributed by atoms with Gasteiger partial charge in [0.2, 0.25) is 0 Å². The Labute approximate surface area is 76.5 Å². The highest BCUT2D eigenvalue weighted by Crippen LogP contribution is 2.00. The Balaban J connectivity index is 2.59. The Morgan fingerprint density at radius 1 is 1.85 bits per heavy atom. The molecule has 1 rings (SSSR count). The van der Waals surface area contributed by atoms with Crippen molar-refractivity contribution in [3.8, 4) is 0 Å². The lowest BCUT2D eigenvalue weighted by Crippen LogP contribution is -2.34. The average Bonchev–Trinajstić information content (AvgIpc) is 2.50. The summed E-state index contributed by atoms with van der Waals surface area (Å²) in [5.74, 6) is -0.402. The van der Waals surface area contributed by atoms with Gasteiger partial charge in [-0.15, -0.1) is 0 Å². The number of aromatic nitrogens is 2. The Bertz CT molecular complexity index is 295. The van der Waals surface area contributed by atoms with Crippen molar-refractivity contribution in [2.24, 2.45) is 12.8 Å². The Morgan fingerprint density at radius 3 is 3.00 bits per heavy atom. The molecule has 72 valence electrons. The van der Waals surface area contributed by atoms with Gasteiger partial charge in [-0.1, -0.05) is 0 Å². The van der Waals surface area contributed by atoms with Crippen LogP contribution in [0.25, 0.3) is 0 Å². The van der Waals surface area contributed by atoms with Crippen LogP contribution in [0.15, 0.2) is 12.5 Å². The molecule has 0 aromatic carbocycles. The minimum atomic E-state index is -0.611. The molecule has 13 heavy (non-hydrogen) atoms. The van der Waals surface area contributed by atoms with Crippen LogP contribution in [0.5, 0.6) is 0 Å². The molecule has 0 spiro atoms. The van der Waals surface area contributed by atoms with Crippen LogP contribution in [0.3, 0.4) is 0 Å². The fraction of sp³-hybridized carbons (Fsp3) is 0.500. The molecule has 0 aliphatic heterocycles. The van der Waals surface area contributed by atoms with Crippen molar-refractivity contribution in [2.75, 3.05) is 7.11 Å². The molecule has 0 saturated carbocycles. The molecule has 1 aromatic heterocycles. The van der Waals surface area contributed by atoms with Crippen LogP contribution in [-0.4, -0.2) is 28.7 Å². The van der Waals surface area contributed by atoms with E-state index in [2.05, 4.69) is 9.72 Å². The summed E-state index contributed by atoms with van der Waals surface area (Å²) in [6, 6.07) is -0.611. The lowest BCUT2D eigenvalue weighted by atomic mass is 10.2. The number of imidazole rings is 1. The first-order chi connectivity index (χ1) is 6.15. The summed E-state index contributed by atoms with van der Waals surface area (Å²) in [7, 11) is 3.18.